The number of carbonyl (C=O) groups is 1. The number of aromatic nitrogens is 4. The third-order valence-corrected chi connectivity index (χ3v) is 3.92. The van der Waals surface area contributed by atoms with E-state index >= 15 is 0 Å². The fourth-order valence-corrected chi connectivity index (χ4v) is 2.59. The van der Waals surface area contributed by atoms with Gasteiger partial charge in [0.2, 0.25) is 0 Å². The maximum Gasteiger partial charge on any atom is 0.253 e. The molecule has 1 aromatic carbocycles. The molecule has 0 bridgehead atoms. The summed E-state index contributed by atoms with van der Waals surface area (Å²) in [7, 11) is 1.97. The molecule has 1 saturated heterocycles. The normalized spacial score (nSPS) is 15.4. The Morgan fingerprint density at radius 1 is 1.23 bits per heavy atom. The summed E-state index contributed by atoms with van der Waals surface area (Å²) in [4.78, 5) is 14.4. The SMILES string of the molecule is CNC1CCN(C(=O)c2ccc(-n3cnnn3)cc2)CC1.Cl. The van der Waals surface area contributed by atoms with Crippen LogP contribution in [-0.4, -0.2) is 57.2 Å². The quantitative estimate of drug-likeness (QED) is 0.909. The smallest absolute Gasteiger partial charge is 0.253 e. The van der Waals surface area contributed by atoms with Crippen molar-refractivity contribution in [1.29, 1.82) is 0 Å². The van der Waals surface area contributed by atoms with Crippen LogP contribution in [0.4, 0.5) is 0 Å². The average molecular weight is 323 g/mol. The van der Waals surface area contributed by atoms with Crippen LogP contribution in [-0.2, 0) is 0 Å². The van der Waals surface area contributed by atoms with E-state index in [1.807, 2.05) is 36.2 Å². The zero-order valence-corrected chi connectivity index (χ0v) is 13.2. The number of amides is 1. The molecular weight excluding hydrogens is 304 g/mol. The van der Waals surface area contributed by atoms with E-state index in [-0.39, 0.29) is 18.3 Å². The van der Waals surface area contributed by atoms with Crippen LogP contribution in [0.1, 0.15) is 23.2 Å². The number of halogens is 1. The zero-order chi connectivity index (χ0) is 14.7. The molecule has 1 aromatic heterocycles. The first-order chi connectivity index (χ1) is 10.3. The van der Waals surface area contributed by atoms with Crippen LogP contribution >= 0.6 is 12.4 Å². The van der Waals surface area contributed by atoms with Gasteiger partial charge in [-0.3, -0.25) is 4.79 Å². The van der Waals surface area contributed by atoms with E-state index in [1.165, 1.54) is 6.33 Å². The fourth-order valence-electron chi connectivity index (χ4n) is 2.59. The Morgan fingerprint density at radius 2 is 1.91 bits per heavy atom. The summed E-state index contributed by atoms with van der Waals surface area (Å²) in [5.41, 5.74) is 1.54. The van der Waals surface area contributed by atoms with Gasteiger partial charge in [-0.1, -0.05) is 0 Å². The van der Waals surface area contributed by atoms with Crippen molar-refractivity contribution in [2.45, 2.75) is 18.9 Å². The molecule has 2 heterocycles. The van der Waals surface area contributed by atoms with Gasteiger partial charge in [0.25, 0.3) is 5.91 Å². The molecule has 0 saturated carbocycles. The molecular formula is C14H19ClN6O. The fraction of sp³-hybridized carbons (Fsp3) is 0.429. The molecule has 8 heteroatoms. The number of hydrogen-bond donors (Lipinski definition) is 1. The number of piperidine rings is 1. The summed E-state index contributed by atoms with van der Waals surface area (Å²) < 4.78 is 1.56. The van der Waals surface area contributed by atoms with Crippen molar-refractivity contribution in [3.8, 4) is 5.69 Å². The topological polar surface area (TPSA) is 75.9 Å². The Hall–Kier alpha value is -1.99. The summed E-state index contributed by atoms with van der Waals surface area (Å²) in [6.07, 6.45) is 3.54. The predicted molar refractivity (Wildman–Crippen MR) is 84.4 cm³/mol. The van der Waals surface area contributed by atoms with Crippen LogP contribution in [0.15, 0.2) is 30.6 Å². The summed E-state index contributed by atoms with van der Waals surface area (Å²) in [6.45, 7) is 1.61. The highest BCUT2D eigenvalue weighted by Crippen LogP contribution is 2.15. The highest BCUT2D eigenvalue weighted by atomic mass is 35.5. The summed E-state index contributed by atoms with van der Waals surface area (Å²) in [5, 5.41) is 14.3. The van der Waals surface area contributed by atoms with Gasteiger partial charge in [0, 0.05) is 24.7 Å². The van der Waals surface area contributed by atoms with Crippen molar-refractivity contribution in [3.05, 3.63) is 36.2 Å². The summed E-state index contributed by atoms with van der Waals surface area (Å²) in [5.74, 6) is 0.0906. The largest absolute Gasteiger partial charge is 0.339 e. The molecule has 1 amide bonds. The van der Waals surface area contributed by atoms with Crippen molar-refractivity contribution in [2.24, 2.45) is 0 Å². The van der Waals surface area contributed by atoms with Gasteiger partial charge in [-0.25, -0.2) is 4.68 Å². The second kappa shape index (κ2) is 7.33. The average Bonchev–Trinajstić information content (AvgIpc) is 3.09. The first-order valence-electron chi connectivity index (χ1n) is 7.08. The van der Waals surface area contributed by atoms with Gasteiger partial charge in [0.05, 0.1) is 5.69 Å². The first-order valence-corrected chi connectivity index (χ1v) is 7.08. The third-order valence-electron chi connectivity index (χ3n) is 3.92. The Morgan fingerprint density at radius 3 is 2.45 bits per heavy atom. The molecule has 0 radical (unpaired) electrons. The van der Waals surface area contributed by atoms with Crippen LogP contribution in [0.3, 0.4) is 0 Å². The lowest BCUT2D eigenvalue weighted by Gasteiger charge is -2.31. The Labute approximate surface area is 135 Å². The minimum Gasteiger partial charge on any atom is -0.339 e. The van der Waals surface area contributed by atoms with Gasteiger partial charge in [-0.2, -0.15) is 0 Å². The highest BCUT2D eigenvalue weighted by Gasteiger charge is 2.22. The molecule has 0 atom stereocenters. The van der Waals surface area contributed by atoms with Crippen LogP contribution < -0.4 is 5.32 Å². The lowest BCUT2D eigenvalue weighted by molar-refractivity contribution is 0.0707. The van der Waals surface area contributed by atoms with Crippen molar-refractivity contribution >= 4 is 18.3 Å². The maximum atomic E-state index is 12.5. The predicted octanol–water partition coefficient (Wildman–Crippen LogP) is 0.908. The summed E-state index contributed by atoms with van der Waals surface area (Å²) >= 11 is 0. The lowest BCUT2D eigenvalue weighted by Crippen LogP contribution is -2.43. The molecule has 1 aliphatic heterocycles. The molecule has 1 aliphatic rings. The lowest BCUT2D eigenvalue weighted by atomic mass is 10.0. The molecule has 0 aliphatic carbocycles. The van der Waals surface area contributed by atoms with Gasteiger partial charge in [0.15, 0.2) is 0 Å². The monoisotopic (exact) mass is 322 g/mol. The first kappa shape index (κ1) is 16.4. The molecule has 1 fully saturated rings. The van der Waals surface area contributed by atoms with Crippen molar-refractivity contribution in [1.82, 2.24) is 30.4 Å². The Kier molecular flexibility index (Phi) is 5.46. The van der Waals surface area contributed by atoms with E-state index in [0.717, 1.165) is 31.6 Å². The van der Waals surface area contributed by atoms with E-state index in [0.29, 0.717) is 11.6 Å². The number of nitrogens with one attached hydrogen (secondary N) is 1. The Bertz CT molecular complexity index is 592. The molecule has 22 heavy (non-hydrogen) atoms. The van der Waals surface area contributed by atoms with Crippen LogP contribution in [0.2, 0.25) is 0 Å². The number of likely N-dealkylation sites (tertiary alicyclic amines) is 1. The number of nitrogens with zero attached hydrogens (tertiary/aromatic N) is 5. The van der Waals surface area contributed by atoms with Crippen LogP contribution in [0.5, 0.6) is 0 Å². The number of rotatable bonds is 3. The van der Waals surface area contributed by atoms with Gasteiger partial charge in [-0.15, -0.1) is 17.5 Å². The minimum absolute atomic E-state index is 0. The number of carbonyl (C=O) groups excluding carboxylic acids is 1. The maximum absolute atomic E-state index is 12.5. The Balaban J connectivity index is 0.00000176. The van der Waals surface area contributed by atoms with Crippen molar-refractivity contribution in [2.75, 3.05) is 20.1 Å². The van der Waals surface area contributed by atoms with Crippen molar-refractivity contribution in [3.63, 3.8) is 0 Å². The number of hydrogen-bond acceptors (Lipinski definition) is 5. The summed E-state index contributed by atoms with van der Waals surface area (Å²) in [6, 6.07) is 7.87. The molecule has 1 N–H and O–H groups in total. The molecule has 0 unspecified atom stereocenters. The number of tetrazole rings is 1. The van der Waals surface area contributed by atoms with E-state index < -0.39 is 0 Å². The third kappa shape index (κ3) is 3.42. The van der Waals surface area contributed by atoms with E-state index in [1.54, 1.807) is 4.68 Å². The van der Waals surface area contributed by atoms with Crippen LogP contribution in [0.25, 0.3) is 5.69 Å². The van der Waals surface area contributed by atoms with Crippen LogP contribution in [0, 0.1) is 0 Å². The number of benzene rings is 1. The molecule has 7 nitrogen and oxygen atoms in total. The van der Waals surface area contributed by atoms with Gasteiger partial charge in [0.1, 0.15) is 6.33 Å². The highest BCUT2D eigenvalue weighted by molar-refractivity contribution is 5.94. The van der Waals surface area contributed by atoms with E-state index in [4.69, 9.17) is 0 Å². The molecule has 0 spiro atoms. The second-order valence-electron chi connectivity index (χ2n) is 5.16. The standard InChI is InChI=1S/C14H18N6O.ClH/c1-15-12-6-8-19(9-7-12)14(21)11-2-4-13(5-3-11)20-10-16-17-18-20;/h2-5,10,12,15H,6-9H2,1H3;1H. The van der Waals surface area contributed by atoms with Gasteiger partial charge >= 0.3 is 0 Å². The van der Waals surface area contributed by atoms with E-state index in [9.17, 15) is 4.79 Å². The minimum atomic E-state index is 0. The van der Waals surface area contributed by atoms with E-state index in [2.05, 4.69) is 20.8 Å². The van der Waals surface area contributed by atoms with Crippen molar-refractivity contribution < 1.29 is 4.79 Å². The molecule has 3 rings (SSSR count). The zero-order valence-electron chi connectivity index (χ0n) is 12.3. The van der Waals surface area contributed by atoms with Gasteiger partial charge < -0.3 is 10.2 Å². The van der Waals surface area contributed by atoms with Gasteiger partial charge in [-0.05, 0) is 54.6 Å². The second-order valence-corrected chi connectivity index (χ2v) is 5.16. The molecule has 2 aromatic rings. The molecule has 118 valence electrons.